The maximum atomic E-state index is 12.1. The largest absolute Gasteiger partial charge is 0.508 e. The van der Waals surface area contributed by atoms with Gasteiger partial charge in [0.05, 0.1) is 20.9 Å². The summed E-state index contributed by atoms with van der Waals surface area (Å²) in [5.74, 6) is -0.162. The molecule has 8 heteroatoms. The van der Waals surface area contributed by atoms with Gasteiger partial charge in [-0.1, -0.05) is 23.2 Å². The van der Waals surface area contributed by atoms with E-state index in [9.17, 15) is 15.0 Å². The van der Waals surface area contributed by atoms with E-state index in [2.05, 4.69) is 15.3 Å². The molecule has 22 heavy (non-hydrogen) atoms. The van der Waals surface area contributed by atoms with Crippen LogP contribution in [-0.4, -0.2) is 20.2 Å². The number of anilines is 2. The highest BCUT2D eigenvalue weighted by atomic mass is 35.5. The number of aromatic amines is 1. The Bertz CT molecular complexity index is 920. The van der Waals surface area contributed by atoms with Gasteiger partial charge in [-0.25, -0.2) is 4.98 Å². The van der Waals surface area contributed by atoms with Crippen molar-refractivity contribution in [2.24, 2.45) is 0 Å². The van der Waals surface area contributed by atoms with Crippen LogP contribution in [-0.2, 0) is 0 Å². The van der Waals surface area contributed by atoms with E-state index in [4.69, 9.17) is 23.2 Å². The van der Waals surface area contributed by atoms with Gasteiger partial charge >= 0.3 is 0 Å². The minimum absolute atomic E-state index is 0.103. The number of aromatic nitrogens is 2. The number of nitrogens with one attached hydrogen (secondary N) is 2. The summed E-state index contributed by atoms with van der Waals surface area (Å²) in [6.07, 6.45) is 0. The molecule has 0 radical (unpaired) electrons. The quantitative estimate of drug-likeness (QED) is 0.574. The van der Waals surface area contributed by atoms with Crippen molar-refractivity contribution in [3.63, 3.8) is 0 Å². The van der Waals surface area contributed by atoms with Gasteiger partial charge in [-0.05, 0) is 12.1 Å². The molecule has 0 amide bonds. The van der Waals surface area contributed by atoms with Crippen molar-refractivity contribution >= 4 is 45.7 Å². The molecule has 0 fully saturated rings. The monoisotopic (exact) mass is 337 g/mol. The highest BCUT2D eigenvalue weighted by Crippen LogP contribution is 2.28. The van der Waals surface area contributed by atoms with Crippen molar-refractivity contribution < 1.29 is 10.2 Å². The molecule has 3 rings (SSSR count). The second-order valence-corrected chi connectivity index (χ2v) is 5.34. The number of benzene rings is 2. The lowest BCUT2D eigenvalue weighted by molar-refractivity contribution is 0.451. The molecule has 112 valence electrons. The highest BCUT2D eigenvalue weighted by Gasteiger charge is 2.11. The summed E-state index contributed by atoms with van der Waals surface area (Å²) in [6.45, 7) is 0. The van der Waals surface area contributed by atoms with Crippen molar-refractivity contribution in [1.82, 2.24) is 9.97 Å². The number of halogens is 2. The Morgan fingerprint density at radius 2 is 1.68 bits per heavy atom. The summed E-state index contributed by atoms with van der Waals surface area (Å²) in [5.41, 5.74) is 0.146. The minimum atomic E-state index is -0.454. The molecule has 0 saturated heterocycles. The van der Waals surface area contributed by atoms with E-state index in [1.54, 1.807) is 6.07 Å². The molecule has 2 aromatic carbocycles. The number of nitrogens with zero attached hydrogens (tertiary/aromatic N) is 1. The maximum Gasteiger partial charge on any atom is 0.261 e. The van der Waals surface area contributed by atoms with Crippen molar-refractivity contribution in [2.45, 2.75) is 0 Å². The van der Waals surface area contributed by atoms with Gasteiger partial charge in [0.2, 0.25) is 5.95 Å². The molecular weight excluding hydrogens is 329 g/mol. The Morgan fingerprint density at radius 1 is 1.05 bits per heavy atom. The smallest absolute Gasteiger partial charge is 0.261 e. The number of hydrogen-bond donors (Lipinski definition) is 4. The summed E-state index contributed by atoms with van der Waals surface area (Å²) in [4.78, 5) is 18.8. The summed E-state index contributed by atoms with van der Waals surface area (Å²) in [7, 11) is 0. The summed E-state index contributed by atoms with van der Waals surface area (Å²) in [6, 6.07) is 6.97. The predicted molar refractivity (Wildman–Crippen MR) is 85.4 cm³/mol. The lowest BCUT2D eigenvalue weighted by atomic mass is 10.2. The number of phenolic OH excluding ortho intramolecular Hbond substituents is 2. The Morgan fingerprint density at radius 3 is 2.36 bits per heavy atom. The van der Waals surface area contributed by atoms with E-state index >= 15 is 0 Å². The van der Waals surface area contributed by atoms with Crippen LogP contribution < -0.4 is 10.9 Å². The van der Waals surface area contributed by atoms with E-state index in [1.807, 2.05) is 0 Å². The summed E-state index contributed by atoms with van der Waals surface area (Å²) in [5, 5.41) is 22.4. The van der Waals surface area contributed by atoms with Gasteiger partial charge < -0.3 is 15.5 Å². The first-order valence-electron chi connectivity index (χ1n) is 6.12. The topological polar surface area (TPSA) is 98.2 Å². The van der Waals surface area contributed by atoms with Crippen molar-refractivity contribution in [1.29, 1.82) is 0 Å². The number of phenols is 2. The zero-order chi connectivity index (χ0) is 15.9. The van der Waals surface area contributed by atoms with Crippen LogP contribution in [0.1, 0.15) is 0 Å². The molecule has 0 aliphatic rings. The summed E-state index contributed by atoms with van der Waals surface area (Å²) < 4.78 is 0. The van der Waals surface area contributed by atoms with Gasteiger partial charge in [0.25, 0.3) is 5.56 Å². The molecule has 0 aliphatic heterocycles. The lowest BCUT2D eigenvalue weighted by Crippen LogP contribution is -2.12. The van der Waals surface area contributed by atoms with E-state index in [1.165, 1.54) is 24.3 Å². The normalized spacial score (nSPS) is 10.8. The standard InChI is InChI=1S/C14H9Cl2N3O3/c15-9-1-2-10(16)12-11(9)13(22)19-14(18-12)17-6-3-7(20)5-8(21)4-6/h1-5,20-21H,(H2,17,18,19,22). The van der Waals surface area contributed by atoms with Crippen LogP contribution in [0, 0.1) is 0 Å². The van der Waals surface area contributed by atoms with Crippen molar-refractivity contribution in [2.75, 3.05) is 5.32 Å². The Kier molecular flexibility index (Phi) is 3.56. The SMILES string of the molecule is O=c1[nH]c(Nc2cc(O)cc(O)c2)nc2c(Cl)ccc(Cl)c12. The van der Waals surface area contributed by atoms with E-state index < -0.39 is 5.56 Å². The molecule has 4 N–H and O–H groups in total. The molecule has 0 atom stereocenters. The number of hydrogen-bond acceptors (Lipinski definition) is 5. The second-order valence-electron chi connectivity index (χ2n) is 4.53. The third-order valence-corrected chi connectivity index (χ3v) is 3.55. The van der Waals surface area contributed by atoms with Crippen LogP contribution in [0.4, 0.5) is 11.6 Å². The van der Waals surface area contributed by atoms with Crippen LogP contribution in [0.3, 0.4) is 0 Å². The zero-order valence-corrected chi connectivity index (χ0v) is 12.4. The average Bonchev–Trinajstić information content (AvgIpc) is 2.41. The van der Waals surface area contributed by atoms with Crippen LogP contribution in [0.25, 0.3) is 10.9 Å². The van der Waals surface area contributed by atoms with Crippen LogP contribution in [0.5, 0.6) is 11.5 Å². The molecule has 0 spiro atoms. The predicted octanol–water partition coefficient (Wildman–Crippen LogP) is 3.38. The average molecular weight is 338 g/mol. The molecule has 3 aromatic rings. The van der Waals surface area contributed by atoms with E-state index in [-0.39, 0.29) is 38.4 Å². The van der Waals surface area contributed by atoms with Gasteiger partial charge in [0.15, 0.2) is 0 Å². The van der Waals surface area contributed by atoms with Gasteiger partial charge in [-0.2, -0.15) is 0 Å². The van der Waals surface area contributed by atoms with Crippen molar-refractivity contribution in [3.8, 4) is 11.5 Å². The van der Waals surface area contributed by atoms with Gasteiger partial charge in [-0.3, -0.25) is 9.78 Å². The van der Waals surface area contributed by atoms with Crippen LogP contribution in [0.2, 0.25) is 10.0 Å². The zero-order valence-electron chi connectivity index (χ0n) is 10.9. The molecule has 1 heterocycles. The molecule has 0 aliphatic carbocycles. The Balaban J connectivity index is 2.12. The first-order valence-corrected chi connectivity index (χ1v) is 6.88. The number of fused-ring (bicyclic) bond motifs is 1. The van der Waals surface area contributed by atoms with Crippen LogP contribution >= 0.6 is 23.2 Å². The number of rotatable bonds is 2. The fourth-order valence-corrected chi connectivity index (χ4v) is 2.48. The molecule has 1 aromatic heterocycles. The first kappa shape index (κ1) is 14.5. The second kappa shape index (κ2) is 5.40. The molecular formula is C14H9Cl2N3O3. The van der Waals surface area contributed by atoms with Gasteiger partial charge in [-0.15, -0.1) is 0 Å². The maximum absolute atomic E-state index is 12.1. The van der Waals surface area contributed by atoms with Gasteiger partial charge in [0, 0.05) is 23.9 Å². The van der Waals surface area contributed by atoms with Gasteiger partial charge in [0.1, 0.15) is 11.5 Å². The minimum Gasteiger partial charge on any atom is -0.508 e. The molecule has 0 bridgehead atoms. The third kappa shape index (κ3) is 2.66. The molecule has 0 saturated carbocycles. The van der Waals surface area contributed by atoms with E-state index in [0.29, 0.717) is 5.69 Å². The number of aromatic hydroxyl groups is 2. The fourth-order valence-electron chi connectivity index (χ4n) is 2.04. The third-order valence-electron chi connectivity index (χ3n) is 2.93. The van der Waals surface area contributed by atoms with E-state index in [0.717, 1.165) is 0 Å². The molecule has 0 unspecified atom stereocenters. The Labute approximate surface area is 134 Å². The fraction of sp³-hybridized carbons (Fsp3) is 0. The highest BCUT2D eigenvalue weighted by molar-refractivity contribution is 6.39. The lowest BCUT2D eigenvalue weighted by Gasteiger charge is -2.08. The molecule has 6 nitrogen and oxygen atoms in total. The van der Waals surface area contributed by atoms with Crippen molar-refractivity contribution in [3.05, 3.63) is 50.7 Å². The van der Waals surface area contributed by atoms with Crippen LogP contribution in [0.15, 0.2) is 35.1 Å². The summed E-state index contributed by atoms with van der Waals surface area (Å²) >= 11 is 12.0. The Hall–Kier alpha value is -2.44. The first-order chi connectivity index (χ1) is 10.4. The number of H-pyrrole nitrogens is 1.